The lowest BCUT2D eigenvalue weighted by molar-refractivity contribution is -0.142. The Morgan fingerprint density at radius 3 is 2.81 bits per heavy atom. The molecular weight excluding hydrogens is 250 g/mol. The number of carbonyl (C=O) groups excluding carboxylic acids is 1. The van der Waals surface area contributed by atoms with Crippen molar-refractivity contribution in [1.82, 2.24) is 15.1 Å². The van der Waals surface area contributed by atoms with Gasteiger partial charge in [0.25, 0.3) is 0 Å². The Labute approximate surface area is 103 Å². The molecular formula is C9H14ClN3O2S. The Balaban J connectivity index is 2.53. The largest absolute Gasteiger partial charge is 0.468 e. The van der Waals surface area contributed by atoms with Gasteiger partial charge >= 0.3 is 5.97 Å². The maximum absolute atomic E-state index is 11.2. The zero-order valence-corrected chi connectivity index (χ0v) is 10.8. The van der Waals surface area contributed by atoms with E-state index in [0.717, 1.165) is 18.0 Å². The number of hydrogen-bond donors (Lipinski definition) is 0. The fourth-order valence-corrected chi connectivity index (χ4v) is 2.18. The quantitative estimate of drug-likeness (QED) is 0.730. The number of hydrogen-bond acceptors (Lipinski definition) is 6. The smallest absolute Gasteiger partial charge is 0.319 e. The number of rotatable bonds is 6. The summed E-state index contributed by atoms with van der Waals surface area (Å²) in [6.45, 7) is 3.71. The van der Waals surface area contributed by atoms with Crippen molar-refractivity contribution in [2.45, 2.75) is 19.9 Å². The second-order valence-electron chi connectivity index (χ2n) is 3.24. The summed E-state index contributed by atoms with van der Waals surface area (Å²) in [5, 5.41) is 8.44. The molecule has 0 aliphatic heterocycles. The van der Waals surface area contributed by atoms with Crippen LogP contribution >= 0.6 is 22.9 Å². The van der Waals surface area contributed by atoms with E-state index in [1.807, 2.05) is 4.90 Å². The maximum Gasteiger partial charge on any atom is 0.319 e. The van der Waals surface area contributed by atoms with E-state index in [1.54, 1.807) is 0 Å². The average Bonchev–Trinajstić information content (AvgIpc) is 2.64. The summed E-state index contributed by atoms with van der Waals surface area (Å²) >= 11 is 7.01. The minimum Gasteiger partial charge on any atom is -0.468 e. The molecule has 0 saturated carbocycles. The Kier molecular flexibility index (Phi) is 5.65. The molecule has 0 fully saturated rings. The summed E-state index contributed by atoms with van der Waals surface area (Å²) in [5.74, 6) is -0.246. The molecule has 0 aliphatic carbocycles. The number of nitrogens with zero attached hydrogens (tertiary/aromatic N) is 3. The van der Waals surface area contributed by atoms with Gasteiger partial charge in [-0.3, -0.25) is 9.69 Å². The molecule has 1 rings (SSSR count). The lowest BCUT2D eigenvalue weighted by Crippen LogP contribution is -2.30. The number of carbonyl (C=O) groups is 1. The number of methoxy groups -OCH3 is 1. The van der Waals surface area contributed by atoms with Crippen LogP contribution in [0.1, 0.15) is 18.4 Å². The molecule has 5 nitrogen and oxygen atoms in total. The van der Waals surface area contributed by atoms with Crippen LogP contribution in [-0.2, 0) is 16.1 Å². The van der Waals surface area contributed by atoms with E-state index < -0.39 is 0 Å². The first kappa shape index (κ1) is 13.3. The third kappa shape index (κ3) is 4.42. The van der Waals surface area contributed by atoms with E-state index >= 15 is 0 Å². The van der Waals surface area contributed by atoms with Gasteiger partial charge < -0.3 is 4.74 Å². The van der Waals surface area contributed by atoms with E-state index in [0.29, 0.717) is 11.0 Å². The molecule has 0 bridgehead atoms. The Morgan fingerprint density at radius 2 is 2.31 bits per heavy atom. The van der Waals surface area contributed by atoms with Gasteiger partial charge in [-0.1, -0.05) is 18.3 Å². The summed E-state index contributed by atoms with van der Waals surface area (Å²) in [6.07, 6.45) is 0.962. The SMILES string of the molecule is CCCN(CC(=O)OC)Cc1nnc(Cl)s1. The van der Waals surface area contributed by atoms with Gasteiger partial charge in [-0.2, -0.15) is 0 Å². The lowest BCUT2D eigenvalue weighted by atomic mass is 10.4. The standard InChI is InChI=1S/C9H14ClN3O2S/c1-3-4-13(6-8(14)15-2)5-7-11-12-9(10)16-7/h3-6H2,1-2H3. The Bertz CT molecular complexity index is 345. The summed E-state index contributed by atoms with van der Waals surface area (Å²) in [4.78, 5) is 13.1. The van der Waals surface area contributed by atoms with Crippen LogP contribution in [0.5, 0.6) is 0 Å². The van der Waals surface area contributed by atoms with Gasteiger partial charge in [0.15, 0.2) is 0 Å². The van der Waals surface area contributed by atoms with Crippen LogP contribution in [0.2, 0.25) is 4.47 Å². The van der Waals surface area contributed by atoms with Crippen LogP contribution in [0.4, 0.5) is 0 Å². The van der Waals surface area contributed by atoms with E-state index in [4.69, 9.17) is 11.6 Å². The van der Waals surface area contributed by atoms with E-state index in [-0.39, 0.29) is 12.5 Å². The van der Waals surface area contributed by atoms with Gasteiger partial charge in [0.1, 0.15) is 5.01 Å². The predicted octanol–water partition coefficient (Wildman–Crippen LogP) is 1.58. The highest BCUT2D eigenvalue weighted by atomic mass is 35.5. The lowest BCUT2D eigenvalue weighted by Gasteiger charge is -2.18. The van der Waals surface area contributed by atoms with Gasteiger partial charge in [0.2, 0.25) is 4.47 Å². The fourth-order valence-electron chi connectivity index (χ4n) is 1.27. The first-order chi connectivity index (χ1) is 7.65. The molecule has 16 heavy (non-hydrogen) atoms. The summed E-state index contributed by atoms with van der Waals surface area (Å²) in [6, 6.07) is 0. The maximum atomic E-state index is 11.2. The monoisotopic (exact) mass is 263 g/mol. The van der Waals surface area contributed by atoms with Crippen molar-refractivity contribution in [1.29, 1.82) is 0 Å². The Hall–Kier alpha value is -0.720. The summed E-state index contributed by atoms with van der Waals surface area (Å²) in [7, 11) is 1.38. The molecule has 1 aromatic heterocycles. The first-order valence-corrected chi connectivity index (χ1v) is 6.12. The number of halogens is 1. The number of ether oxygens (including phenoxy) is 1. The highest BCUT2D eigenvalue weighted by molar-refractivity contribution is 7.15. The van der Waals surface area contributed by atoms with Crippen molar-refractivity contribution in [3.8, 4) is 0 Å². The molecule has 90 valence electrons. The van der Waals surface area contributed by atoms with Crippen molar-refractivity contribution in [3.05, 3.63) is 9.47 Å². The van der Waals surface area contributed by atoms with Crippen LogP contribution < -0.4 is 0 Å². The van der Waals surface area contributed by atoms with Crippen LogP contribution in [0.15, 0.2) is 0 Å². The molecule has 0 unspecified atom stereocenters. The molecule has 0 aliphatic rings. The molecule has 0 amide bonds. The second kappa shape index (κ2) is 6.78. The van der Waals surface area contributed by atoms with Gasteiger partial charge in [-0.05, 0) is 24.6 Å². The van der Waals surface area contributed by atoms with Crippen LogP contribution in [0.25, 0.3) is 0 Å². The minimum absolute atomic E-state index is 0.246. The third-order valence-electron chi connectivity index (χ3n) is 1.92. The van der Waals surface area contributed by atoms with E-state index in [1.165, 1.54) is 18.4 Å². The van der Waals surface area contributed by atoms with Crippen molar-refractivity contribution >= 4 is 28.9 Å². The van der Waals surface area contributed by atoms with Gasteiger partial charge in [0.05, 0.1) is 20.2 Å². The molecule has 1 aromatic rings. The Morgan fingerprint density at radius 1 is 1.56 bits per heavy atom. The van der Waals surface area contributed by atoms with Crippen molar-refractivity contribution in [2.24, 2.45) is 0 Å². The minimum atomic E-state index is -0.246. The normalized spacial score (nSPS) is 10.8. The fraction of sp³-hybridized carbons (Fsp3) is 0.667. The van der Waals surface area contributed by atoms with Crippen molar-refractivity contribution < 1.29 is 9.53 Å². The molecule has 0 radical (unpaired) electrons. The van der Waals surface area contributed by atoms with Gasteiger partial charge in [-0.25, -0.2) is 0 Å². The van der Waals surface area contributed by atoms with E-state index in [2.05, 4.69) is 21.9 Å². The van der Waals surface area contributed by atoms with Crippen molar-refractivity contribution in [2.75, 3.05) is 20.2 Å². The topological polar surface area (TPSA) is 55.3 Å². The molecule has 0 N–H and O–H groups in total. The van der Waals surface area contributed by atoms with Gasteiger partial charge in [0, 0.05) is 0 Å². The van der Waals surface area contributed by atoms with Crippen LogP contribution in [0, 0.1) is 0 Å². The third-order valence-corrected chi connectivity index (χ3v) is 2.92. The van der Waals surface area contributed by atoms with Gasteiger partial charge in [-0.15, -0.1) is 10.2 Å². The summed E-state index contributed by atoms with van der Waals surface area (Å²) in [5.41, 5.74) is 0. The molecule has 0 saturated heterocycles. The van der Waals surface area contributed by atoms with Crippen molar-refractivity contribution in [3.63, 3.8) is 0 Å². The molecule has 0 aromatic carbocycles. The molecule has 7 heteroatoms. The zero-order chi connectivity index (χ0) is 12.0. The number of esters is 1. The average molecular weight is 264 g/mol. The molecule has 0 spiro atoms. The van der Waals surface area contributed by atoms with Crippen LogP contribution in [0.3, 0.4) is 0 Å². The predicted molar refractivity (Wildman–Crippen MR) is 62.5 cm³/mol. The first-order valence-electron chi connectivity index (χ1n) is 4.92. The molecule has 1 heterocycles. The van der Waals surface area contributed by atoms with E-state index in [9.17, 15) is 4.79 Å². The number of aromatic nitrogens is 2. The summed E-state index contributed by atoms with van der Waals surface area (Å²) < 4.78 is 5.05. The highest BCUT2D eigenvalue weighted by Gasteiger charge is 2.13. The molecule has 0 atom stereocenters. The second-order valence-corrected chi connectivity index (χ2v) is 4.88. The zero-order valence-electron chi connectivity index (χ0n) is 9.27. The van der Waals surface area contributed by atoms with Crippen LogP contribution in [-0.4, -0.2) is 41.3 Å². The highest BCUT2D eigenvalue weighted by Crippen LogP contribution is 2.16.